The van der Waals surface area contributed by atoms with E-state index in [1.54, 1.807) is 0 Å². The minimum absolute atomic E-state index is 0. The van der Waals surface area contributed by atoms with Gasteiger partial charge in [0.25, 0.3) is 0 Å². The maximum atomic E-state index is 2.24. The molecule has 1 aromatic carbocycles. The van der Waals surface area contributed by atoms with Crippen LogP contribution in [0.4, 0.5) is 56.5 Å². The van der Waals surface area contributed by atoms with E-state index in [9.17, 15) is 0 Å². The summed E-state index contributed by atoms with van der Waals surface area (Å²) in [5.74, 6) is 0. The summed E-state index contributed by atoms with van der Waals surface area (Å²) in [6.45, 7) is 8.62. The van der Waals surface area contributed by atoms with Gasteiger partial charge in [-0.05, 0) is 49.9 Å². The summed E-state index contributed by atoms with van der Waals surface area (Å²) >= 11 is 0. The van der Waals surface area contributed by atoms with Crippen LogP contribution in [-0.2, 0) is 0 Å². The molecule has 0 aliphatic carbocycles. The van der Waals surface area contributed by atoms with Crippen molar-refractivity contribution in [2.75, 3.05) is 0 Å². The van der Waals surface area contributed by atoms with Crippen molar-refractivity contribution in [2.24, 2.45) is 0 Å². The topological polar surface area (TPSA) is 0 Å². The lowest BCUT2D eigenvalue weighted by Gasteiger charge is -2.04. The Labute approximate surface area is 120 Å². The maximum absolute atomic E-state index is 2.24. The van der Waals surface area contributed by atoms with E-state index in [0.717, 1.165) is 0 Å². The van der Waals surface area contributed by atoms with E-state index >= 15 is 0 Å². The lowest BCUT2D eigenvalue weighted by Crippen LogP contribution is -1.86. The van der Waals surface area contributed by atoms with Crippen LogP contribution in [0.3, 0.4) is 0 Å². The lowest BCUT2D eigenvalue weighted by molar-refractivity contribution is 1.11. The molecule has 150 valence electrons. The number of halogens is 12. The zero-order valence-corrected chi connectivity index (χ0v) is 12.1. The number of benzene rings is 1. The second kappa shape index (κ2) is 42.7. The van der Waals surface area contributed by atoms with Gasteiger partial charge in [-0.15, -0.1) is 0 Å². The summed E-state index contributed by atoms with van der Waals surface area (Å²) in [4.78, 5) is 0. The van der Waals surface area contributed by atoms with E-state index in [0.29, 0.717) is 0 Å². The molecular weight excluding hydrogens is 348 g/mol. The molecule has 0 fully saturated rings. The molecule has 0 bridgehead atoms. The van der Waals surface area contributed by atoms with Crippen molar-refractivity contribution in [3.05, 3.63) is 34.4 Å². The van der Waals surface area contributed by atoms with Crippen molar-refractivity contribution in [1.82, 2.24) is 0 Å². The van der Waals surface area contributed by atoms with Crippen molar-refractivity contribution in [3.63, 3.8) is 0 Å². The zero-order valence-electron chi connectivity index (χ0n) is 12.1. The highest BCUT2D eigenvalue weighted by Crippen LogP contribution is 2.13. The van der Waals surface area contributed by atoms with Gasteiger partial charge in [0.1, 0.15) is 0 Å². The molecule has 1 aromatic rings. The molecule has 0 amide bonds. The lowest BCUT2D eigenvalue weighted by atomic mass is 10.0. The first-order valence-corrected chi connectivity index (χ1v) is 3.65. The minimum Gasteiger partial charge on any atom is -0.269 e. The summed E-state index contributed by atoms with van der Waals surface area (Å²) < 4.78 is 0. The van der Waals surface area contributed by atoms with Crippen LogP contribution in [0, 0.1) is 27.7 Å². The molecule has 0 unspecified atom stereocenters. The van der Waals surface area contributed by atoms with E-state index in [4.69, 9.17) is 0 Å². The normalized spacial score (nSPS) is 4.55. The van der Waals surface area contributed by atoms with Crippen LogP contribution >= 0.6 is 0 Å². The molecule has 0 spiro atoms. The molecule has 0 nitrogen and oxygen atoms in total. The van der Waals surface area contributed by atoms with Gasteiger partial charge in [-0.25, -0.2) is 0 Å². The summed E-state index contributed by atoms with van der Waals surface area (Å²) in [6, 6.07) is 4.48. The first-order valence-electron chi connectivity index (χ1n) is 3.65. The maximum Gasteiger partial charge on any atom is -0.0395 e. The van der Waals surface area contributed by atoms with Gasteiger partial charge in [-0.1, -0.05) is 12.1 Å². The zero-order chi connectivity index (χ0) is 7.72. The van der Waals surface area contributed by atoms with E-state index in [1.807, 2.05) is 0 Å². The average molecular weight is 374 g/mol. The van der Waals surface area contributed by atoms with Crippen molar-refractivity contribution in [2.45, 2.75) is 27.7 Å². The Kier molecular flexibility index (Phi) is 212. The van der Waals surface area contributed by atoms with Crippen LogP contribution in [0.2, 0.25) is 0 Å². The second-order valence-corrected chi connectivity index (χ2v) is 3.02. The molecule has 0 saturated heterocycles. The van der Waals surface area contributed by atoms with E-state index in [1.165, 1.54) is 22.3 Å². The molecule has 0 atom stereocenters. The predicted octanol–water partition coefficient (Wildman–Crippen LogP) is 4.75. The van der Waals surface area contributed by atoms with Gasteiger partial charge < -0.3 is 0 Å². The standard InChI is InChI=1S/C10H14.12FH/c1-7-5-9(3)10(4)6-8(7)2;;;;;;;;;;;;/h5-6H,1-4H3;12*1H. The van der Waals surface area contributed by atoms with Crippen LogP contribution in [0.25, 0.3) is 0 Å². The fourth-order valence-electron chi connectivity index (χ4n) is 1.10. The van der Waals surface area contributed by atoms with Gasteiger partial charge >= 0.3 is 0 Å². The summed E-state index contributed by atoms with van der Waals surface area (Å²) in [5, 5.41) is 0. The Balaban J connectivity index is -0.00000000833. The highest BCUT2D eigenvalue weighted by atomic mass is 19.0. The SMILES string of the molecule is Cc1cc(C)c(C)cc1C.F.F.F.F.F.F.F.F.F.F.F.F. The van der Waals surface area contributed by atoms with Gasteiger partial charge in [0.2, 0.25) is 0 Å². The molecule has 0 aromatic heterocycles. The second-order valence-electron chi connectivity index (χ2n) is 3.02. The van der Waals surface area contributed by atoms with Gasteiger partial charge in [0.05, 0.1) is 0 Å². The minimum atomic E-state index is 0. The summed E-state index contributed by atoms with van der Waals surface area (Å²) in [7, 11) is 0. The fraction of sp³-hybridized carbons (Fsp3) is 0.400. The Hall–Kier alpha value is -1.62. The fourth-order valence-corrected chi connectivity index (χ4v) is 1.10. The Morgan fingerprint density at radius 3 is 0.500 bits per heavy atom. The molecule has 0 aliphatic heterocycles. The molecule has 22 heavy (non-hydrogen) atoms. The van der Waals surface area contributed by atoms with Crippen LogP contribution in [0.5, 0.6) is 0 Å². The first kappa shape index (κ1) is 109. The number of aryl methyl sites for hydroxylation is 4. The third-order valence-electron chi connectivity index (χ3n) is 2.11. The van der Waals surface area contributed by atoms with Gasteiger partial charge in [0, 0.05) is 0 Å². The van der Waals surface area contributed by atoms with Crippen molar-refractivity contribution >= 4 is 0 Å². The first-order chi connectivity index (χ1) is 4.61. The quantitative estimate of drug-likeness (QED) is 0.575. The summed E-state index contributed by atoms with van der Waals surface area (Å²) in [6.07, 6.45) is 0. The number of rotatable bonds is 0. The molecule has 0 N–H and O–H groups in total. The Morgan fingerprint density at radius 2 is 0.409 bits per heavy atom. The van der Waals surface area contributed by atoms with Crippen molar-refractivity contribution in [3.8, 4) is 0 Å². The molecular formula is C10H26F12. The van der Waals surface area contributed by atoms with Crippen LogP contribution in [0.1, 0.15) is 22.3 Å². The third-order valence-corrected chi connectivity index (χ3v) is 2.11. The Bertz CT molecular complexity index is 218. The smallest absolute Gasteiger partial charge is 0.0395 e. The molecule has 0 radical (unpaired) electrons. The van der Waals surface area contributed by atoms with Crippen LogP contribution in [-0.4, -0.2) is 0 Å². The average Bonchev–Trinajstić information content (AvgIpc) is 1.84. The van der Waals surface area contributed by atoms with E-state index in [-0.39, 0.29) is 56.5 Å². The highest BCUT2D eigenvalue weighted by molar-refractivity contribution is 5.35. The van der Waals surface area contributed by atoms with Gasteiger partial charge in [-0.2, -0.15) is 0 Å². The van der Waals surface area contributed by atoms with E-state index in [2.05, 4.69) is 39.8 Å². The Morgan fingerprint density at radius 1 is 0.318 bits per heavy atom. The number of hydrogen-bond donors (Lipinski definition) is 0. The van der Waals surface area contributed by atoms with E-state index < -0.39 is 0 Å². The summed E-state index contributed by atoms with van der Waals surface area (Å²) in [5.41, 5.74) is 5.57. The molecule has 0 saturated carbocycles. The van der Waals surface area contributed by atoms with Crippen LogP contribution in [0.15, 0.2) is 12.1 Å². The monoisotopic (exact) mass is 374 g/mol. The largest absolute Gasteiger partial charge is 0.269 e. The molecule has 0 heterocycles. The highest BCUT2D eigenvalue weighted by Gasteiger charge is 1.95. The van der Waals surface area contributed by atoms with Crippen molar-refractivity contribution in [1.29, 1.82) is 0 Å². The van der Waals surface area contributed by atoms with Gasteiger partial charge in [0.15, 0.2) is 0 Å². The van der Waals surface area contributed by atoms with Gasteiger partial charge in [-0.3, -0.25) is 56.5 Å². The molecule has 0 aliphatic rings. The third kappa shape index (κ3) is 26.8. The molecule has 12 heteroatoms. The predicted molar refractivity (Wildman–Crippen MR) is 75.4 cm³/mol. The number of hydrogen-bond acceptors (Lipinski definition) is 0. The van der Waals surface area contributed by atoms with Crippen LogP contribution < -0.4 is 0 Å². The molecule has 1 rings (SSSR count). The van der Waals surface area contributed by atoms with Crippen molar-refractivity contribution < 1.29 is 56.5 Å².